The van der Waals surface area contributed by atoms with Crippen LogP contribution in [0.5, 0.6) is 0 Å². The molecular weight excluding hydrogens is 360 g/mol. The maximum Gasteiger partial charge on any atom is 0.352 e. The molecular formula is C22H38O6. The van der Waals surface area contributed by atoms with Crippen molar-refractivity contribution in [3.63, 3.8) is 0 Å². The first-order valence-electron chi connectivity index (χ1n) is 10.5. The molecule has 0 spiro atoms. The largest absolute Gasteiger partial charge is 0.455 e. The van der Waals surface area contributed by atoms with E-state index in [0.717, 1.165) is 19.3 Å². The highest BCUT2D eigenvalue weighted by Gasteiger charge is 2.51. The van der Waals surface area contributed by atoms with Gasteiger partial charge in [-0.3, -0.25) is 9.59 Å². The summed E-state index contributed by atoms with van der Waals surface area (Å²) < 4.78 is 16.5. The van der Waals surface area contributed by atoms with Crippen molar-refractivity contribution >= 4 is 17.9 Å². The SMILES string of the molecule is CCCCCCCC[C@H]1OC(=O)[C@@H](OC(=O)C(C)(C)C)[C@H]1OC(=O)C(C)(C)C. The summed E-state index contributed by atoms with van der Waals surface area (Å²) in [5.41, 5.74) is -1.49. The van der Waals surface area contributed by atoms with Gasteiger partial charge in [0.2, 0.25) is 6.10 Å². The fourth-order valence-electron chi connectivity index (χ4n) is 2.81. The van der Waals surface area contributed by atoms with Crippen LogP contribution >= 0.6 is 0 Å². The van der Waals surface area contributed by atoms with Gasteiger partial charge in [0, 0.05) is 0 Å². The van der Waals surface area contributed by atoms with Gasteiger partial charge in [-0.2, -0.15) is 0 Å². The lowest BCUT2D eigenvalue weighted by Gasteiger charge is -2.26. The van der Waals surface area contributed by atoms with Crippen LogP contribution in [-0.4, -0.2) is 36.2 Å². The topological polar surface area (TPSA) is 78.9 Å². The van der Waals surface area contributed by atoms with Crippen LogP contribution in [0.2, 0.25) is 0 Å². The van der Waals surface area contributed by atoms with E-state index >= 15 is 0 Å². The van der Waals surface area contributed by atoms with Gasteiger partial charge >= 0.3 is 17.9 Å². The van der Waals surface area contributed by atoms with E-state index in [1.165, 1.54) is 19.3 Å². The zero-order valence-corrected chi connectivity index (χ0v) is 18.6. The van der Waals surface area contributed by atoms with Gasteiger partial charge in [-0.05, 0) is 54.4 Å². The predicted molar refractivity (Wildman–Crippen MR) is 107 cm³/mol. The molecule has 6 nitrogen and oxygen atoms in total. The van der Waals surface area contributed by atoms with Crippen molar-refractivity contribution in [1.82, 2.24) is 0 Å². The van der Waals surface area contributed by atoms with E-state index < -0.39 is 47.0 Å². The summed E-state index contributed by atoms with van der Waals surface area (Å²) >= 11 is 0. The quantitative estimate of drug-likeness (QED) is 0.321. The lowest BCUT2D eigenvalue weighted by Crippen LogP contribution is -2.43. The van der Waals surface area contributed by atoms with E-state index in [9.17, 15) is 14.4 Å². The Labute approximate surface area is 169 Å². The summed E-state index contributed by atoms with van der Waals surface area (Å²) in [6.07, 6.45) is 4.52. The van der Waals surface area contributed by atoms with Crippen LogP contribution in [0.1, 0.15) is 93.4 Å². The Hall–Kier alpha value is -1.59. The molecule has 1 saturated heterocycles. The lowest BCUT2D eigenvalue weighted by atomic mass is 9.96. The normalized spacial score (nSPS) is 22.7. The number of unbranched alkanes of at least 4 members (excludes halogenated alkanes) is 5. The number of rotatable bonds is 9. The average Bonchev–Trinajstić information content (AvgIpc) is 2.84. The van der Waals surface area contributed by atoms with E-state index in [0.29, 0.717) is 6.42 Å². The maximum absolute atomic E-state index is 12.4. The molecule has 0 saturated carbocycles. The summed E-state index contributed by atoms with van der Waals surface area (Å²) in [6.45, 7) is 12.5. The van der Waals surface area contributed by atoms with Gasteiger partial charge < -0.3 is 14.2 Å². The second-order valence-electron chi connectivity index (χ2n) is 9.73. The first-order chi connectivity index (χ1) is 12.9. The standard InChI is InChI=1S/C22H38O6/c1-8-9-10-11-12-13-14-15-16(27-19(24)21(2,3)4)17(18(23)26-15)28-20(25)22(5,6)7/h15-17H,8-14H2,1-7H3/t15-,16+,17+/m1/s1. The third-order valence-electron chi connectivity index (χ3n) is 4.71. The molecule has 1 aliphatic heterocycles. The highest BCUT2D eigenvalue weighted by Crippen LogP contribution is 2.30. The summed E-state index contributed by atoms with van der Waals surface area (Å²) in [7, 11) is 0. The van der Waals surface area contributed by atoms with Gasteiger partial charge in [0.1, 0.15) is 6.10 Å². The van der Waals surface area contributed by atoms with E-state index in [1.807, 2.05) is 0 Å². The van der Waals surface area contributed by atoms with Gasteiger partial charge in [-0.15, -0.1) is 0 Å². The average molecular weight is 399 g/mol. The highest BCUT2D eigenvalue weighted by molar-refractivity contribution is 5.84. The Bertz CT molecular complexity index is 540. The maximum atomic E-state index is 12.4. The van der Waals surface area contributed by atoms with Gasteiger partial charge in [0.25, 0.3) is 0 Å². The van der Waals surface area contributed by atoms with E-state index in [1.54, 1.807) is 41.5 Å². The lowest BCUT2D eigenvalue weighted by molar-refractivity contribution is -0.177. The number of cyclic esters (lactones) is 1. The Morgan fingerprint density at radius 2 is 1.36 bits per heavy atom. The Kier molecular flexibility index (Phi) is 8.96. The first-order valence-corrected chi connectivity index (χ1v) is 10.5. The van der Waals surface area contributed by atoms with Gasteiger partial charge in [0.15, 0.2) is 6.10 Å². The molecule has 28 heavy (non-hydrogen) atoms. The summed E-state index contributed by atoms with van der Waals surface area (Å²) in [5, 5.41) is 0. The van der Waals surface area contributed by atoms with Crippen LogP contribution in [0, 0.1) is 10.8 Å². The number of carbonyl (C=O) groups excluding carboxylic acids is 3. The van der Waals surface area contributed by atoms with Crippen molar-refractivity contribution in [3.05, 3.63) is 0 Å². The molecule has 1 aliphatic rings. The van der Waals surface area contributed by atoms with E-state index in [2.05, 4.69) is 6.92 Å². The van der Waals surface area contributed by atoms with E-state index in [-0.39, 0.29) is 0 Å². The number of ether oxygens (including phenoxy) is 3. The van der Waals surface area contributed by atoms with Crippen molar-refractivity contribution in [2.45, 2.75) is 112 Å². The van der Waals surface area contributed by atoms with Gasteiger partial charge in [-0.1, -0.05) is 39.0 Å². The fourth-order valence-corrected chi connectivity index (χ4v) is 2.81. The Morgan fingerprint density at radius 1 is 0.857 bits per heavy atom. The monoisotopic (exact) mass is 398 g/mol. The van der Waals surface area contributed by atoms with Crippen LogP contribution < -0.4 is 0 Å². The molecule has 0 aromatic rings. The van der Waals surface area contributed by atoms with Crippen LogP contribution in [0.15, 0.2) is 0 Å². The minimum atomic E-state index is -1.21. The minimum Gasteiger partial charge on any atom is -0.455 e. The molecule has 1 heterocycles. The highest BCUT2D eigenvalue weighted by atomic mass is 16.7. The molecule has 6 heteroatoms. The molecule has 0 aromatic heterocycles. The molecule has 0 radical (unpaired) electrons. The van der Waals surface area contributed by atoms with Crippen LogP contribution in [0.4, 0.5) is 0 Å². The molecule has 0 aromatic carbocycles. The molecule has 1 rings (SSSR count). The Balaban J connectivity index is 2.81. The summed E-state index contributed by atoms with van der Waals surface area (Å²) in [4.78, 5) is 37.1. The van der Waals surface area contributed by atoms with Crippen molar-refractivity contribution in [2.75, 3.05) is 0 Å². The third-order valence-corrected chi connectivity index (χ3v) is 4.71. The number of carbonyl (C=O) groups is 3. The third kappa shape index (κ3) is 7.44. The first kappa shape index (κ1) is 24.4. The zero-order chi connectivity index (χ0) is 21.5. The second-order valence-corrected chi connectivity index (χ2v) is 9.73. The molecule has 0 aliphatic carbocycles. The molecule has 0 bridgehead atoms. The van der Waals surface area contributed by atoms with Crippen LogP contribution in [-0.2, 0) is 28.6 Å². The van der Waals surface area contributed by atoms with Crippen molar-refractivity contribution < 1.29 is 28.6 Å². The van der Waals surface area contributed by atoms with Crippen molar-refractivity contribution in [1.29, 1.82) is 0 Å². The zero-order valence-electron chi connectivity index (χ0n) is 18.6. The smallest absolute Gasteiger partial charge is 0.352 e. The second kappa shape index (κ2) is 10.3. The minimum absolute atomic E-state index is 0.444. The Morgan fingerprint density at radius 3 is 1.89 bits per heavy atom. The molecule has 0 unspecified atom stereocenters. The van der Waals surface area contributed by atoms with Gasteiger partial charge in [-0.25, -0.2) is 4.79 Å². The molecule has 0 amide bonds. The molecule has 0 N–H and O–H groups in total. The van der Waals surface area contributed by atoms with Crippen molar-refractivity contribution in [3.8, 4) is 0 Å². The fraction of sp³-hybridized carbons (Fsp3) is 0.864. The summed E-state index contributed by atoms with van der Waals surface area (Å²) in [6, 6.07) is 0. The van der Waals surface area contributed by atoms with E-state index in [4.69, 9.17) is 14.2 Å². The van der Waals surface area contributed by atoms with Crippen LogP contribution in [0.3, 0.4) is 0 Å². The van der Waals surface area contributed by atoms with Crippen LogP contribution in [0.25, 0.3) is 0 Å². The number of esters is 3. The number of hydrogen-bond acceptors (Lipinski definition) is 6. The molecule has 162 valence electrons. The van der Waals surface area contributed by atoms with Gasteiger partial charge in [0.05, 0.1) is 10.8 Å². The predicted octanol–water partition coefficient (Wildman–Crippen LogP) is 4.58. The van der Waals surface area contributed by atoms with Crippen molar-refractivity contribution in [2.24, 2.45) is 10.8 Å². The summed E-state index contributed by atoms with van der Waals surface area (Å²) in [5.74, 6) is -1.60. The molecule has 1 fully saturated rings. The molecule has 3 atom stereocenters. The number of hydrogen-bond donors (Lipinski definition) is 0.